The molecule has 2 aliphatic rings. The van der Waals surface area contributed by atoms with Gasteiger partial charge in [0.25, 0.3) is 0 Å². The molecule has 2 heterocycles. The summed E-state index contributed by atoms with van der Waals surface area (Å²) >= 11 is 0. The van der Waals surface area contributed by atoms with Crippen LogP contribution in [0.5, 0.6) is 5.75 Å². The van der Waals surface area contributed by atoms with Crippen LogP contribution in [0.15, 0.2) is 29.3 Å². The number of methoxy groups -OCH3 is 1. The van der Waals surface area contributed by atoms with E-state index in [0.717, 1.165) is 30.6 Å². The summed E-state index contributed by atoms with van der Waals surface area (Å²) in [5.41, 5.74) is 1.09. The number of fused-ring (bicyclic) bond motifs is 1. The number of hydrogen-bond donors (Lipinski definition) is 2. The normalized spacial score (nSPS) is 18.5. The Balaban J connectivity index is 0.00000385. The standard InChI is InChI=1S/C23H35N5O4.HI/c1-27(2)22(30)16-24-23(26-19-10-15-32-20-7-5-4-6-18(19)20)25-17-8-12-28(13-9-17)21(29)11-14-31-3;/h4-7,17,19H,8-16H2,1-3H3,(H2,24,25,26);1H. The van der Waals surface area contributed by atoms with Crippen molar-refractivity contribution in [1.29, 1.82) is 0 Å². The number of ether oxygens (including phenoxy) is 2. The Hall–Kier alpha value is -2.08. The van der Waals surface area contributed by atoms with Gasteiger partial charge in [0.15, 0.2) is 5.96 Å². The fourth-order valence-electron chi connectivity index (χ4n) is 3.89. The van der Waals surface area contributed by atoms with Gasteiger partial charge in [-0.25, -0.2) is 4.99 Å². The van der Waals surface area contributed by atoms with E-state index in [-0.39, 0.29) is 54.4 Å². The lowest BCUT2D eigenvalue weighted by Crippen LogP contribution is -2.51. The molecular weight excluding hydrogens is 537 g/mol. The minimum absolute atomic E-state index is 0. The molecule has 1 saturated heterocycles. The number of halogens is 1. The average Bonchev–Trinajstić information content (AvgIpc) is 2.81. The molecule has 2 amide bonds. The Bertz CT molecular complexity index is 812. The van der Waals surface area contributed by atoms with Crippen molar-refractivity contribution in [3.05, 3.63) is 29.8 Å². The number of piperidine rings is 1. The Kier molecular flexibility index (Phi) is 11.2. The number of carbonyl (C=O) groups is 2. The minimum atomic E-state index is -0.0583. The predicted octanol–water partition coefficient (Wildman–Crippen LogP) is 1.78. The van der Waals surface area contributed by atoms with Gasteiger partial charge in [0.1, 0.15) is 12.3 Å². The van der Waals surface area contributed by atoms with Crippen molar-refractivity contribution in [1.82, 2.24) is 20.4 Å². The van der Waals surface area contributed by atoms with Gasteiger partial charge in [-0.2, -0.15) is 0 Å². The molecule has 3 rings (SSSR count). The summed E-state index contributed by atoms with van der Waals surface area (Å²) in [5.74, 6) is 1.57. The molecule has 10 heteroatoms. The first-order valence-electron chi connectivity index (χ1n) is 11.2. The van der Waals surface area contributed by atoms with Gasteiger partial charge < -0.3 is 29.9 Å². The average molecular weight is 573 g/mol. The number of carbonyl (C=O) groups excluding carboxylic acids is 2. The van der Waals surface area contributed by atoms with Crippen LogP contribution in [0.1, 0.15) is 37.3 Å². The van der Waals surface area contributed by atoms with Gasteiger partial charge in [-0.1, -0.05) is 18.2 Å². The SMILES string of the molecule is COCCC(=O)N1CCC(NC(=NCC(=O)N(C)C)NC2CCOc3ccccc32)CC1.I. The first kappa shape index (κ1) is 27.2. The Morgan fingerprint density at radius 1 is 1.18 bits per heavy atom. The maximum atomic E-state index is 12.2. The second-order valence-corrected chi connectivity index (χ2v) is 8.37. The van der Waals surface area contributed by atoms with Crippen LogP contribution >= 0.6 is 24.0 Å². The molecule has 1 aromatic carbocycles. The van der Waals surface area contributed by atoms with E-state index in [1.165, 1.54) is 4.90 Å². The van der Waals surface area contributed by atoms with Gasteiger partial charge in [0.2, 0.25) is 11.8 Å². The van der Waals surface area contributed by atoms with Crippen molar-refractivity contribution in [2.45, 2.75) is 37.8 Å². The van der Waals surface area contributed by atoms with Crippen molar-refractivity contribution in [3.8, 4) is 5.75 Å². The van der Waals surface area contributed by atoms with Crippen molar-refractivity contribution < 1.29 is 19.1 Å². The van der Waals surface area contributed by atoms with Crippen LogP contribution in [0.25, 0.3) is 0 Å². The topological polar surface area (TPSA) is 95.5 Å². The number of nitrogens with zero attached hydrogens (tertiary/aromatic N) is 3. The zero-order valence-corrected chi connectivity index (χ0v) is 22.0. The molecule has 1 unspecified atom stereocenters. The lowest BCUT2D eigenvalue weighted by Gasteiger charge is -2.34. The molecule has 0 saturated carbocycles. The van der Waals surface area contributed by atoms with Gasteiger partial charge in [-0.05, 0) is 18.9 Å². The third-order valence-electron chi connectivity index (χ3n) is 5.85. The monoisotopic (exact) mass is 573 g/mol. The summed E-state index contributed by atoms with van der Waals surface area (Å²) in [7, 11) is 5.06. The number of hydrogen-bond acceptors (Lipinski definition) is 5. The minimum Gasteiger partial charge on any atom is -0.493 e. The summed E-state index contributed by atoms with van der Waals surface area (Å²) in [6.45, 7) is 2.54. The Morgan fingerprint density at radius 2 is 1.91 bits per heavy atom. The molecule has 0 aromatic heterocycles. The molecule has 9 nitrogen and oxygen atoms in total. The van der Waals surface area contributed by atoms with E-state index in [1.807, 2.05) is 23.1 Å². The van der Waals surface area contributed by atoms with Crippen LogP contribution in [-0.2, 0) is 14.3 Å². The molecule has 1 atom stereocenters. The second kappa shape index (κ2) is 13.6. The molecule has 33 heavy (non-hydrogen) atoms. The van der Waals surface area contributed by atoms with Crippen LogP contribution < -0.4 is 15.4 Å². The van der Waals surface area contributed by atoms with E-state index in [0.29, 0.717) is 38.7 Å². The van der Waals surface area contributed by atoms with E-state index in [1.54, 1.807) is 21.2 Å². The maximum Gasteiger partial charge on any atom is 0.243 e. The van der Waals surface area contributed by atoms with Gasteiger partial charge in [0.05, 0.1) is 25.7 Å². The van der Waals surface area contributed by atoms with Crippen molar-refractivity contribution in [3.63, 3.8) is 0 Å². The van der Waals surface area contributed by atoms with Crippen molar-refractivity contribution >= 4 is 41.8 Å². The molecule has 2 aliphatic heterocycles. The smallest absolute Gasteiger partial charge is 0.243 e. The molecule has 0 aliphatic carbocycles. The highest BCUT2D eigenvalue weighted by atomic mass is 127. The van der Waals surface area contributed by atoms with Gasteiger partial charge in [-0.3, -0.25) is 9.59 Å². The van der Waals surface area contributed by atoms with Crippen LogP contribution in [-0.4, -0.2) is 87.7 Å². The molecule has 1 aromatic rings. The summed E-state index contributed by atoms with van der Waals surface area (Å²) in [6.07, 6.45) is 2.88. The molecule has 0 spiro atoms. The molecule has 184 valence electrons. The summed E-state index contributed by atoms with van der Waals surface area (Å²) in [5, 5.41) is 7.00. The highest BCUT2D eigenvalue weighted by molar-refractivity contribution is 14.0. The second-order valence-electron chi connectivity index (χ2n) is 8.37. The van der Waals surface area contributed by atoms with Crippen LogP contribution in [0.4, 0.5) is 0 Å². The Labute approximate surface area is 213 Å². The van der Waals surface area contributed by atoms with Crippen molar-refractivity contribution in [2.24, 2.45) is 4.99 Å². The highest BCUT2D eigenvalue weighted by Crippen LogP contribution is 2.31. The molecule has 0 bridgehead atoms. The summed E-state index contributed by atoms with van der Waals surface area (Å²) < 4.78 is 10.8. The highest BCUT2D eigenvalue weighted by Gasteiger charge is 2.26. The number of guanidine groups is 1. The molecular formula is C23H36IN5O4. The summed E-state index contributed by atoms with van der Waals surface area (Å²) in [4.78, 5) is 32.4. The third-order valence-corrected chi connectivity index (χ3v) is 5.85. The van der Waals surface area contributed by atoms with Gasteiger partial charge in [0, 0.05) is 52.3 Å². The number of nitrogens with one attached hydrogen (secondary N) is 2. The first-order chi connectivity index (χ1) is 15.5. The van der Waals surface area contributed by atoms with Gasteiger partial charge >= 0.3 is 0 Å². The zero-order chi connectivity index (χ0) is 22.9. The quantitative estimate of drug-likeness (QED) is 0.294. The molecule has 2 N–H and O–H groups in total. The van der Waals surface area contributed by atoms with E-state index in [2.05, 4.69) is 21.7 Å². The number of aliphatic imine (C=N–C) groups is 1. The largest absolute Gasteiger partial charge is 0.493 e. The lowest BCUT2D eigenvalue weighted by molar-refractivity contribution is -0.133. The van der Waals surface area contributed by atoms with Crippen molar-refractivity contribution in [2.75, 3.05) is 54.1 Å². The molecule has 0 radical (unpaired) electrons. The van der Waals surface area contributed by atoms with Crippen LogP contribution in [0.2, 0.25) is 0 Å². The first-order valence-corrected chi connectivity index (χ1v) is 11.2. The van der Waals surface area contributed by atoms with Crippen LogP contribution in [0.3, 0.4) is 0 Å². The van der Waals surface area contributed by atoms with E-state index in [9.17, 15) is 9.59 Å². The maximum absolute atomic E-state index is 12.2. The number of likely N-dealkylation sites (tertiary alicyclic amines) is 1. The van der Waals surface area contributed by atoms with Gasteiger partial charge in [-0.15, -0.1) is 24.0 Å². The number of para-hydroxylation sites is 1. The zero-order valence-electron chi connectivity index (χ0n) is 19.7. The number of amides is 2. The number of likely N-dealkylation sites (N-methyl/N-ethyl adjacent to an activating group) is 1. The third kappa shape index (κ3) is 8.02. The van der Waals surface area contributed by atoms with E-state index < -0.39 is 0 Å². The van der Waals surface area contributed by atoms with E-state index >= 15 is 0 Å². The predicted molar refractivity (Wildman–Crippen MR) is 138 cm³/mol. The van der Waals surface area contributed by atoms with Crippen LogP contribution in [0, 0.1) is 0 Å². The lowest BCUT2D eigenvalue weighted by atomic mass is 10.0. The molecule has 1 fully saturated rings. The number of benzene rings is 1. The fourth-order valence-corrected chi connectivity index (χ4v) is 3.89. The summed E-state index contributed by atoms with van der Waals surface area (Å²) in [6, 6.07) is 8.22. The fraction of sp³-hybridized carbons (Fsp3) is 0.609. The number of rotatable bonds is 7. The Morgan fingerprint density at radius 3 is 2.61 bits per heavy atom. The van der Waals surface area contributed by atoms with E-state index in [4.69, 9.17) is 9.47 Å².